The first-order chi connectivity index (χ1) is 8.72. The molecule has 0 heterocycles. The van der Waals surface area contributed by atoms with Crippen molar-refractivity contribution in [2.75, 3.05) is 0 Å². The molecule has 0 unspecified atom stereocenters. The van der Waals surface area contributed by atoms with E-state index < -0.39 is 12.0 Å². The van der Waals surface area contributed by atoms with Crippen LogP contribution in [0.1, 0.15) is 28.7 Å². The van der Waals surface area contributed by atoms with E-state index in [0.717, 1.165) is 16.7 Å². The highest BCUT2D eigenvalue weighted by atomic mass is 16.3. The van der Waals surface area contributed by atoms with Gasteiger partial charge in [0.1, 0.15) is 5.92 Å². The van der Waals surface area contributed by atoms with Crippen LogP contribution in [0.4, 0.5) is 0 Å². The lowest BCUT2D eigenvalue weighted by atomic mass is 9.90. The van der Waals surface area contributed by atoms with Crippen molar-refractivity contribution in [1.82, 2.24) is 0 Å². The molecule has 2 rings (SSSR count). The van der Waals surface area contributed by atoms with Gasteiger partial charge in [-0.25, -0.2) is 0 Å². The first kappa shape index (κ1) is 12.3. The minimum absolute atomic E-state index is 0.533. The lowest BCUT2D eigenvalue weighted by Gasteiger charge is -2.17. The summed E-state index contributed by atoms with van der Waals surface area (Å²) in [6.07, 6.45) is -0.794. The van der Waals surface area contributed by atoms with Crippen molar-refractivity contribution in [3.05, 3.63) is 71.3 Å². The molecule has 90 valence electrons. The van der Waals surface area contributed by atoms with Gasteiger partial charge in [0.2, 0.25) is 0 Å². The van der Waals surface area contributed by atoms with E-state index in [1.54, 1.807) is 0 Å². The third-order valence-corrected chi connectivity index (χ3v) is 3.03. The fourth-order valence-electron chi connectivity index (χ4n) is 1.94. The van der Waals surface area contributed by atoms with E-state index in [0.29, 0.717) is 0 Å². The number of benzene rings is 2. The van der Waals surface area contributed by atoms with Crippen LogP contribution in [-0.4, -0.2) is 5.11 Å². The Morgan fingerprint density at radius 2 is 1.56 bits per heavy atom. The van der Waals surface area contributed by atoms with Crippen molar-refractivity contribution in [3.8, 4) is 6.07 Å². The molecule has 2 atom stereocenters. The Bertz CT molecular complexity index is 540. The normalized spacial score (nSPS) is 13.6. The summed E-state index contributed by atoms with van der Waals surface area (Å²) >= 11 is 0. The maximum absolute atomic E-state index is 10.3. The van der Waals surface area contributed by atoms with E-state index in [1.807, 2.05) is 61.5 Å². The van der Waals surface area contributed by atoms with Gasteiger partial charge in [-0.2, -0.15) is 5.26 Å². The standard InChI is InChI=1S/C16H15NO/c1-12-7-9-14(10-8-12)16(18)15(11-17)13-5-3-2-4-6-13/h2-10,15-16,18H,1H3/t15-,16-/m0/s1. The van der Waals surface area contributed by atoms with Gasteiger partial charge < -0.3 is 5.11 Å². The zero-order valence-electron chi connectivity index (χ0n) is 10.2. The molecule has 0 fully saturated rings. The quantitative estimate of drug-likeness (QED) is 0.889. The smallest absolute Gasteiger partial charge is 0.101 e. The topological polar surface area (TPSA) is 44.0 Å². The molecule has 2 heteroatoms. The van der Waals surface area contributed by atoms with Gasteiger partial charge in [-0.15, -0.1) is 0 Å². The molecule has 1 N–H and O–H groups in total. The summed E-state index contributed by atoms with van der Waals surface area (Å²) < 4.78 is 0. The van der Waals surface area contributed by atoms with Crippen molar-refractivity contribution in [2.45, 2.75) is 18.9 Å². The maximum atomic E-state index is 10.3. The summed E-state index contributed by atoms with van der Waals surface area (Å²) in [5.41, 5.74) is 2.75. The zero-order valence-corrected chi connectivity index (χ0v) is 10.2. The second kappa shape index (κ2) is 5.48. The molecule has 0 aromatic heterocycles. The molecular weight excluding hydrogens is 222 g/mol. The lowest BCUT2D eigenvalue weighted by Crippen LogP contribution is -2.09. The summed E-state index contributed by atoms with van der Waals surface area (Å²) in [6.45, 7) is 2.00. The SMILES string of the molecule is Cc1ccc([C@H](O)[C@@H](C#N)c2ccccc2)cc1. The Kier molecular flexibility index (Phi) is 3.76. The molecule has 18 heavy (non-hydrogen) atoms. The van der Waals surface area contributed by atoms with Gasteiger partial charge in [-0.1, -0.05) is 60.2 Å². The largest absolute Gasteiger partial charge is 0.387 e. The van der Waals surface area contributed by atoms with Gasteiger partial charge in [-0.3, -0.25) is 0 Å². The zero-order chi connectivity index (χ0) is 13.0. The molecule has 0 aliphatic carbocycles. The van der Waals surface area contributed by atoms with Gasteiger partial charge >= 0.3 is 0 Å². The molecule has 0 aliphatic heterocycles. The molecule has 2 nitrogen and oxygen atoms in total. The van der Waals surface area contributed by atoms with E-state index >= 15 is 0 Å². The van der Waals surface area contributed by atoms with Crippen LogP contribution in [0, 0.1) is 18.3 Å². The van der Waals surface area contributed by atoms with Crippen LogP contribution in [0.2, 0.25) is 0 Å². The number of nitriles is 1. The molecule has 2 aromatic rings. The summed E-state index contributed by atoms with van der Waals surface area (Å²) in [5, 5.41) is 19.6. The van der Waals surface area contributed by atoms with Crippen LogP contribution in [0.5, 0.6) is 0 Å². The third kappa shape index (κ3) is 2.58. The summed E-state index contributed by atoms with van der Waals surface area (Å²) in [6, 6.07) is 19.2. The highest BCUT2D eigenvalue weighted by Crippen LogP contribution is 2.30. The van der Waals surface area contributed by atoms with Crippen molar-refractivity contribution in [2.24, 2.45) is 0 Å². The van der Waals surface area contributed by atoms with E-state index in [9.17, 15) is 10.4 Å². The summed E-state index contributed by atoms with van der Waals surface area (Å²) in [7, 11) is 0. The van der Waals surface area contributed by atoms with Crippen molar-refractivity contribution in [1.29, 1.82) is 5.26 Å². The van der Waals surface area contributed by atoms with Crippen molar-refractivity contribution >= 4 is 0 Å². The lowest BCUT2D eigenvalue weighted by molar-refractivity contribution is 0.164. The second-order valence-corrected chi connectivity index (χ2v) is 4.37. The van der Waals surface area contributed by atoms with Crippen LogP contribution < -0.4 is 0 Å². The van der Waals surface area contributed by atoms with Crippen LogP contribution in [0.3, 0.4) is 0 Å². The Balaban J connectivity index is 2.29. The monoisotopic (exact) mass is 237 g/mol. The van der Waals surface area contributed by atoms with Crippen molar-refractivity contribution in [3.63, 3.8) is 0 Å². The highest BCUT2D eigenvalue weighted by Gasteiger charge is 2.22. The maximum Gasteiger partial charge on any atom is 0.101 e. The van der Waals surface area contributed by atoms with Crippen LogP contribution >= 0.6 is 0 Å². The molecule has 0 spiro atoms. The van der Waals surface area contributed by atoms with Gasteiger partial charge in [-0.05, 0) is 18.1 Å². The highest BCUT2D eigenvalue weighted by molar-refractivity contribution is 5.32. The second-order valence-electron chi connectivity index (χ2n) is 4.37. The molecule has 2 aromatic carbocycles. The number of rotatable bonds is 3. The fraction of sp³-hybridized carbons (Fsp3) is 0.188. The molecule has 0 saturated carbocycles. The van der Waals surface area contributed by atoms with Crippen LogP contribution in [-0.2, 0) is 0 Å². The van der Waals surface area contributed by atoms with E-state index in [1.165, 1.54) is 0 Å². The molecule has 0 radical (unpaired) electrons. The minimum Gasteiger partial charge on any atom is -0.387 e. The van der Waals surface area contributed by atoms with E-state index in [-0.39, 0.29) is 0 Å². The first-order valence-corrected chi connectivity index (χ1v) is 5.91. The number of aliphatic hydroxyl groups excluding tert-OH is 1. The van der Waals surface area contributed by atoms with Crippen molar-refractivity contribution < 1.29 is 5.11 Å². The van der Waals surface area contributed by atoms with E-state index in [2.05, 4.69) is 6.07 Å². The van der Waals surface area contributed by atoms with E-state index in [4.69, 9.17) is 0 Å². The fourth-order valence-corrected chi connectivity index (χ4v) is 1.94. The Hall–Kier alpha value is -2.11. The Morgan fingerprint density at radius 1 is 0.944 bits per heavy atom. The molecular formula is C16H15NO. The number of aryl methyl sites for hydroxylation is 1. The van der Waals surface area contributed by atoms with Crippen LogP contribution in [0.15, 0.2) is 54.6 Å². The van der Waals surface area contributed by atoms with Gasteiger partial charge in [0.15, 0.2) is 0 Å². The number of aliphatic hydroxyl groups is 1. The predicted octanol–water partition coefficient (Wildman–Crippen LogP) is 3.34. The Morgan fingerprint density at radius 3 is 2.11 bits per heavy atom. The summed E-state index contributed by atoms with van der Waals surface area (Å²) in [5.74, 6) is -0.533. The minimum atomic E-state index is -0.794. The average Bonchev–Trinajstić information content (AvgIpc) is 2.41. The number of hydrogen-bond donors (Lipinski definition) is 1. The average molecular weight is 237 g/mol. The van der Waals surface area contributed by atoms with Crippen LogP contribution in [0.25, 0.3) is 0 Å². The first-order valence-electron chi connectivity index (χ1n) is 5.91. The molecule has 0 bridgehead atoms. The van der Waals surface area contributed by atoms with Gasteiger partial charge in [0.05, 0.1) is 12.2 Å². The van der Waals surface area contributed by atoms with Gasteiger partial charge in [0, 0.05) is 0 Å². The molecule has 0 amide bonds. The number of nitrogens with zero attached hydrogens (tertiary/aromatic N) is 1. The Labute approximate surface area is 107 Å². The van der Waals surface area contributed by atoms with Gasteiger partial charge in [0.25, 0.3) is 0 Å². The third-order valence-electron chi connectivity index (χ3n) is 3.03. The molecule has 0 saturated heterocycles. The number of hydrogen-bond acceptors (Lipinski definition) is 2. The summed E-state index contributed by atoms with van der Waals surface area (Å²) in [4.78, 5) is 0. The molecule has 0 aliphatic rings. The predicted molar refractivity (Wildman–Crippen MR) is 70.9 cm³/mol.